The van der Waals surface area contributed by atoms with Gasteiger partial charge in [0, 0.05) is 25.8 Å². The number of aryl methyl sites for hydroxylation is 1. The van der Waals surface area contributed by atoms with E-state index in [1.54, 1.807) is 30.8 Å². The number of nitrogens with zero attached hydrogens (tertiary/aromatic N) is 3. The highest BCUT2D eigenvalue weighted by molar-refractivity contribution is 7.89. The highest BCUT2D eigenvalue weighted by Crippen LogP contribution is 2.30. The number of sulfonamides is 1. The molecule has 0 aliphatic heterocycles. The third kappa shape index (κ3) is 4.63. The Morgan fingerprint density at radius 1 is 1.19 bits per heavy atom. The summed E-state index contributed by atoms with van der Waals surface area (Å²) >= 11 is 12.3. The topological polar surface area (TPSA) is 84.3 Å². The summed E-state index contributed by atoms with van der Waals surface area (Å²) in [5, 5.41) is 6.94. The molecule has 0 fully saturated rings. The van der Waals surface area contributed by atoms with E-state index in [9.17, 15) is 13.2 Å². The molecule has 148 valence electrons. The van der Waals surface area contributed by atoms with Crippen LogP contribution in [0.1, 0.15) is 36.8 Å². The molecule has 0 aliphatic rings. The van der Waals surface area contributed by atoms with E-state index in [-0.39, 0.29) is 27.0 Å². The molecule has 0 atom stereocenters. The van der Waals surface area contributed by atoms with E-state index >= 15 is 0 Å². The second-order valence-corrected chi connectivity index (χ2v) is 8.39. The summed E-state index contributed by atoms with van der Waals surface area (Å²) in [6, 6.07) is 4.30. The van der Waals surface area contributed by atoms with Gasteiger partial charge in [0.25, 0.3) is 5.91 Å². The fourth-order valence-corrected chi connectivity index (χ4v) is 4.96. The first-order valence-electron chi connectivity index (χ1n) is 8.54. The van der Waals surface area contributed by atoms with Crippen LogP contribution in [0.2, 0.25) is 10.0 Å². The number of benzene rings is 1. The second-order valence-electron chi connectivity index (χ2n) is 5.67. The molecule has 7 nitrogen and oxygen atoms in total. The van der Waals surface area contributed by atoms with Gasteiger partial charge in [-0.1, -0.05) is 37.0 Å². The monoisotopic (exact) mass is 432 g/mol. The second kappa shape index (κ2) is 9.05. The molecule has 0 saturated carbocycles. The number of rotatable bonds is 8. The van der Waals surface area contributed by atoms with Crippen LogP contribution in [0, 0.1) is 0 Å². The zero-order valence-corrected chi connectivity index (χ0v) is 17.7. The summed E-state index contributed by atoms with van der Waals surface area (Å²) < 4.78 is 28.6. The van der Waals surface area contributed by atoms with Gasteiger partial charge in [-0.3, -0.25) is 9.48 Å². The van der Waals surface area contributed by atoms with Crippen molar-refractivity contribution < 1.29 is 13.2 Å². The first-order valence-corrected chi connectivity index (χ1v) is 10.7. The van der Waals surface area contributed by atoms with Crippen LogP contribution in [0.25, 0.3) is 0 Å². The van der Waals surface area contributed by atoms with Gasteiger partial charge in [0.2, 0.25) is 10.0 Å². The maximum absolute atomic E-state index is 12.8. The molecule has 27 heavy (non-hydrogen) atoms. The van der Waals surface area contributed by atoms with Gasteiger partial charge < -0.3 is 5.32 Å². The van der Waals surface area contributed by atoms with E-state index in [0.29, 0.717) is 19.6 Å². The van der Waals surface area contributed by atoms with Gasteiger partial charge in [-0.2, -0.15) is 9.40 Å². The van der Waals surface area contributed by atoms with Crippen LogP contribution in [0.3, 0.4) is 0 Å². The molecule has 0 aliphatic carbocycles. The van der Waals surface area contributed by atoms with E-state index in [1.807, 2.05) is 6.92 Å². The molecular weight excluding hydrogens is 411 g/mol. The summed E-state index contributed by atoms with van der Waals surface area (Å²) in [4.78, 5) is 12.4. The van der Waals surface area contributed by atoms with E-state index in [0.717, 1.165) is 5.69 Å². The van der Waals surface area contributed by atoms with E-state index in [4.69, 9.17) is 23.2 Å². The minimum atomic E-state index is -3.82. The van der Waals surface area contributed by atoms with Gasteiger partial charge in [-0.15, -0.1) is 0 Å². The number of amides is 1. The lowest BCUT2D eigenvalue weighted by atomic mass is 10.2. The lowest BCUT2D eigenvalue weighted by molar-refractivity contribution is 0.0950. The SMILES string of the molecule is CCN(CC)S(=O)(=O)c1cc(C(=O)NCc2ccnn2CC)c(Cl)cc1Cl. The number of nitrogens with one attached hydrogen (secondary N) is 1. The third-order valence-corrected chi connectivity index (χ3v) is 6.95. The molecule has 1 aromatic carbocycles. The van der Waals surface area contributed by atoms with Gasteiger partial charge in [-0.25, -0.2) is 8.42 Å². The standard InChI is InChI=1S/C17H22Cl2N4O3S/c1-4-22(5-2)27(25,26)16-9-13(14(18)10-15(16)19)17(24)20-11-12-7-8-21-23(12)6-3/h7-10H,4-6,11H2,1-3H3,(H,20,24). The van der Waals surface area contributed by atoms with Gasteiger partial charge in [0.05, 0.1) is 27.8 Å². The Balaban J connectivity index is 2.33. The van der Waals surface area contributed by atoms with Gasteiger partial charge in [-0.05, 0) is 25.1 Å². The zero-order chi connectivity index (χ0) is 20.2. The zero-order valence-electron chi connectivity index (χ0n) is 15.4. The van der Waals surface area contributed by atoms with E-state index < -0.39 is 15.9 Å². The summed E-state index contributed by atoms with van der Waals surface area (Å²) in [5.74, 6) is -0.489. The molecule has 0 bridgehead atoms. The Kier molecular flexibility index (Phi) is 7.27. The lowest BCUT2D eigenvalue weighted by Gasteiger charge is -2.20. The Morgan fingerprint density at radius 2 is 1.85 bits per heavy atom. The molecule has 0 spiro atoms. The van der Waals surface area contributed by atoms with Crippen molar-refractivity contribution >= 4 is 39.1 Å². The minimum Gasteiger partial charge on any atom is -0.346 e. The van der Waals surface area contributed by atoms with Gasteiger partial charge >= 0.3 is 0 Å². The highest BCUT2D eigenvalue weighted by Gasteiger charge is 2.27. The van der Waals surface area contributed by atoms with Crippen molar-refractivity contribution in [2.24, 2.45) is 0 Å². The first-order chi connectivity index (χ1) is 12.8. The van der Waals surface area contributed by atoms with Crippen molar-refractivity contribution in [3.8, 4) is 0 Å². The van der Waals surface area contributed by atoms with Crippen molar-refractivity contribution in [3.63, 3.8) is 0 Å². The van der Waals surface area contributed by atoms with Crippen molar-refractivity contribution in [2.45, 2.75) is 38.8 Å². The van der Waals surface area contributed by atoms with Crippen LogP contribution in [0.15, 0.2) is 29.3 Å². The number of carbonyl (C=O) groups excluding carboxylic acids is 1. The number of aromatic nitrogens is 2. The number of hydrogen-bond donors (Lipinski definition) is 1. The van der Waals surface area contributed by atoms with Crippen molar-refractivity contribution in [1.82, 2.24) is 19.4 Å². The minimum absolute atomic E-state index is 0.0208. The molecule has 2 aromatic rings. The van der Waals surface area contributed by atoms with Crippen LogP contribution in [0.4, 0.5) is 0 Å². The molecule has 1 amide bonds. The largest absolute Gasteiger partial charge is 0.346 e. The molecule has 0 saturated heterocycles. The van der Waals surface area contributed by atoms with Crippen LogP contribution < -0.4 is 5.32 Å². The predicted octanol–water partition coefficient (Wildman–Crippen LogP) is 3.17. The Morgan fingerprint density at radius 3 is 2.44 bits per heavy atom. The normalized spacial score (nSPS) is 11.8. The van der Waals surface area contributed by atoms with Crippen molar-refractivity contribution in [1.29, 1.82) is 0 Å². The summed E-state index contributed by atoms with van der Waals surface area (Å²) in [5.41, 5.74) is 0.876. The number of carbonyl (C=O) groups is 1. The third-order valence-electron chi connectivity index (χ3n) is 4.12. The fraction of sp³-hybridized carbons (Fsp3) is 0.412. The predicted molar refractivity (Wildman–Crippen MR) is 106 cm³/mol. The van der Waals surface area contributed by atoms with Crippen LogP contribution >= 0.6 is 23.2 Å². The molecule has 1 aromatic heterocycles. The Hall–Kier alpha value is -1.61. The average Bonchev–Trinajstić information content (AvgIpc) is 3.07. The molecule has 1 N–H and O–H groups in total. The van der Waals surface area contributed by atoms with E-state index in [2.05, 4.69) is 10.4 Å². The summed E-state index contributed by atoms with van der Waals surface area (Å²) in [6.45, 7) is 6.90. The highest BCUT2D eigenvalue weighted by atomic mass is 35.5. The number of halogens is 2. The maximum atomic E-state index is 12.8. The van der Waals surface area contributed by atoms with Crippen LogP contribution in [-0.4, -0.2) is 41.5 Å². The molecule has 0 radical (unpaired) electrons. The van der Waals surface area contributed by atoms with Crippen molar-refractivity contribution in [3.05, 3.63) is 45.7 Å². The van der Waals surface area contributed by atoms with Crippen molar-refractivity contribution in [2.75, 3.05) is 13.1 Å². The van der Waals surface area contributed by atoms with Crippen LogP contribution in [-0.2, 0) is 23.1 Å². The summed E-state index contributed by atoms with van der Waals surface area (Å²) in [7, 11) is -3.82. The Bertz CT molecular complexity index is 924. The molecule has 2 rings (SSSR count). The molecule has 1 heterocycles. The lowest BCUT2D eigenvalue weighted by Crippen LogP contribution is -2.31. The average molecular weight is 433 g/mol. The molecule has 0 unspecified atom stereocenters. The number of hydrogen-bond acceptors (Lipinski definition) is 4. The Labute approximate surface area is 169 Å². The quantitative estimate of drug-likeness (QED) is 0.693. The smallest absolute Gasteiger partial charge is 0.253 e. The van der Waals surface area contributed by atoms with Gasteiger partial charge in [0.1, 0.15) is 4.90 Å². The maximum Gasteiger partial charge on any atom is 0.253 e. The fourth-order valence-electron chi connectivity index (χ4n) is 2.66. The summed E-state index contributed by atoms with van der Waals surface area (Å²) in [6.07, 6.45) is 1.65. The molecule has 10 heteroatoms. The van der Waals surface area contributed by atoms with Gasteiger partial charge in [0.15, 0.2) is 0 Å². The molecular formula is C17H22Cl2N4O3S. The first kappa shape index (κ1) is 21.7. The van der Waals surface area contributed by atoms with Crippen LogP contribution in [0.5, 0.6) is 0 Å². The van der Waals surface area contributed by atoms with E-state index in [1.165, 1.54) is 16.4 Å².